The largest absolute Gasteiger partial charge is 0.441 e. The van der Waals surface area contributed by atoms with E-state index >= 15 is 0 Å². The van der Waals surface area contributed by atoms with Crippen LogP contribution in [-0.4, -0.2) is 22.6 Å². The van der Waals surface area contributed by atoms with Crippen LogP contribution >= 0.6 is 11.6 Å². The van der Waals surface area contributed by atoms with Crippen molar-refractivity contribution < 1.29 is 13.6 Å². The first kappa shape index (κ1) is 23.0. The lowest BCUT2D eigenvalue weighted by atomic mass is 9.99. The summed E-state index contributed by atoms with van der Waals surface area (Å²) in [7, 11) is 0. The van der Waals surface area contributed by atoms with Crippen LogP contribution in [-0.2, 0) is 11.3 Å². The Balaban J connectivity index is 1.60. The Kier molecular flexibility index (Phi) is 5.99. The minimum Gasteiger partial charge on any atom is -0.441 e. The first-order valence-electron chi connectivity index (χ1n) is 11.3. The fraction of sp³-hybridized carbons (Fsp3) is 0.179. The highest BCUT2D eigenvalue weighted by atomic mass is 35.5. The van der Waals surface area contributed by atoms with Crippen LogP contribution in [0, 0.1) is 19.7 Å². The summed E-state index contributed by atoms with van der Waals surface area (Å²) in [5.74, 6) is 0.480. The molecule has 35 heavy (non-hydrogen) atoms. The fourth-order valence-corrected chi connectivity index (χ4v) is 4.43. The van der Waals surface area contributed by atoms with Crippen LogP contribution in [0.15, 0.2) is 76.1 Å². The van der Waals surface area contributed by atoms with Gasteiger partial charge in [0.1, 0.15) is 23.3 Å². The summed E-state index contributed by atoms with van der Waals surface area (Å²) >= 11 is 6.33. The SMILES string of the molecule is Cc1cccc(-c2nc(CN3C(=O)C(C)N=C(c4ccccc4F)c4cc(Cl)ccc43)c(C)o2)c1. The average Bonchev–Trinajstić information content (AvgIpc) is 3.17. The van der Waals surface area contributed by atoms with Crippen LogP contribution in [0.1, 0.15) is 35.1 Å². The van der Waals surface area contributed by atoms with Crippen molar-refractivity contribution in [1.29, 1.82) is 0 Å². The third-order valence-corrected chi connectivity index (χ3v) is 6.28. The molecule has 1 aromatic heterocycles. The minimum absolute atomic E-state index is 0.180. The molecule has 5 rings (SSSR count). The van der Waals surface area contributed by atoms with E-state index in [0.29, 0.717) is 44.9 Å². The van der Waals surface area contributed by atoms with Gasteiger partial charge in [-0.15, -0.1) is 0 Å². The topological polar surface area (TPSA) is 58.7 Å². The first-order chi connectivity index (χ1) is 16.8. The number of halogens is 2. The van der Waals surface area contributed by atoms with Gasteiger partial charge in [0.05, 0.1) is 17.9 Å². The molecule has 3 aromatic carbocycles. The molecule has 1 unspecified atom stereocenters. The lowest BCUT2D eigenvalue weighted by molar-refractivity contribution is -0.119. The second kappa shape index (κ2) is 9.12. The van der Waals surface area contributed by atoms with Crippen molar-refractivity contribution >= 4 is 28.9 Å². The number of carbonyl (C=O) groups is 1. The zero-order valence-corrected chi connectivity index (χ0v) is 20.3. The number of aryl methyl sites for hydroxylation is 2. The predicted octanol–water partition coefficient (Wildman–Crippen LogP) is 6.52. The highest BCUT2D eigenvalue weighted by molar-refractivity contribution is 6.32. The number of benzodiazepines with no additional fused rings is 1. The zero-order valence-electron chi connectivity index (χ0n) is 19.5. The third kappa shape index (κ3) is 4.37. The summed E-state index contributed by atoms with van der Waals surface area (Å²) in [4.78, 5) is 24.5. The maximum atomic E-state index is 14.8. The number of amides is 1. The number of hydrogen-bond donors (Lipinski definition) is 0. The molecule has 0 radical (unpaired) electrons. The van der Waals surface area contributed by atoms with Crippen molar-refractivity contribution in [2.24, 2.45) is 4.99 Å². The molecule has 176 valence electrons. The molecule has 1 aliphatic heterocycles. The average molecular weight is 488 g/mol. The van der Waals surface area contributed by atoms with E-state index in [0.717, 1.165) is 11.1 Å². The Bertz CT molecular complexity index is 1480. The molecule has 2 heterocycles. The molecule has 0 saturated carbocycles. The molecule has 4 aromatic rings. The van der Waals surface area contributed by atoms with Crippen LogP contribution in [0.4, 0.5) is 10.1 Å². The van der Waals surface area contributed by atoms with Gasteiger partial charge in [0.15, 0.2) is 0 Å². The van der Waals surface area contributed by atoms with Gasteiger partial charge in [-0.1, -0.05) is 41.4 Å². The van der Waals surface area contributed by atoms with Gasteiger partial charge in [0.25, 0.3) is 5.91 Å². The molecule has 0 saturated heterocycles. The van der Waals surface area contributed by atoms with Gasteiger partial charge in [-0.3, -0.25) is 9.79 Å². The van der Waals surface area contributed by atoms with E-state index < -0.39 is 11.9 Å². The van der Waals surface area contributed by atoms with Crippen molar-refractivity contribution in [3.8, 4) is 11.5 Å². The molecule has 0 aliphatic carbocycles. The highest BCUT2D eigenvalue weighted by Crippen LogP contribution is 2.33. The molecule has 0 spiro atoms. The summed E-state index contributed by atoms with van der Waals surface area (Å²) in [6.07, 6.45) is 0. The van der Waals surface area contributed by atoms with Gasteiger partial charge < -0.3 is 9.32 Å². The maximum Gasteiger partial charge on any atom is 0.251 e. The number of anilines is 1. The van der Waals surface area contributed by atoms with Gasteiger partial charge in [-0.25, -0.2) is 9.37 Å². The molecule has 5 nitrogen and oxygen atoms in total. The molecule has 0 fully saturated rings. The van der Waals surface area contributed by atoms with E-state index in [1.807, 2.05) is 38.1 Å². The second-order valence-corrected chi connectivity index (χ2v) is 9.05. The summed E-state index contributed by atoms with van der Waals surface area (Å²) in [6, 6.07) is 18.7. The van der Waals surface area contributed by atoms with E-state index in [1.165, 1.54) is 6.07 Å². The molecular weight excluding hydrogens is 465 g/mol. The lowest BCUT2D eigenvalue weighted by Gasteiger charge is -2.24. The van der Waals surface area contributed by atoms with Crippen molar-refractivity contribution in [1.82, 2.24) is 4.98 Å². The van der Waals surface area contributed by atoms with Gasteiger partial charge in [0, 0.05) is 21.7 Å². The number of aromatic nitrogens is 1. The quantitative estimate of drug-likeness (QED) is 0.329. The van der Waals surface area contributed by atoms with E-state index in [-0.39, 0.29) is 12.5 Å². The number of aliphatic imine (C=N–C) groups is 1. The number of nitrogens with zero attached hydrogens (tertiary/aromatic N) is 3. The van der Waals surface area contributed by atoms with Crippen molar-refractivity contribution in [3.05, 3.63) is 106 Å². The number of fused-ring (bicyclic) bond motifs is 1. The number of carbonyl (C=O) groups excluding carboxylic acids is 1. The fourth-order valence-electron chi connectivity index (χ4n) is 4.25. The monoisotopic (exact) mass is 487 g/mol. The zero-order chi connectivity index (χ0) is 24.7. The van der Waals surface area contributed by atoms with E-state index in [1.54, 1.807) is 48.2 Å². The summed E-state index contributed by atoms with van der Waals surface area (Å²) in [5.41, 5.74) is 4.48. The normalized spacial score (nSPS) is 15.6. The van der Waals surface area contributed by atoms with Gasteiger partial charge in [0.2, 0.25) is 5.89 Å². The Labute approximate surface area is 207 Å². The van der Waals surface area contributed by atoms with E-state index in [9.17, 15) is 9.18 Å². The minimum atomic E-state index is -0.737. The first-order valence-corrected chi connectivity index (χ1v) is 11.7. The Hall–Kier alpha value is -3.77. The van der Waals surface area contributed by atoms with E-state index in [4.69, 9.17) is 21.0 Å². The Morgan fingerprint density at radius 1 is 1.03 bits per heavy atom. The second-order valence-electron chi connectivity index (χ2n) is 8.61. The standard InChI is InChI=1S/C28H23ClFN3O2/c1-16-7-6-8-19(13-16)27-32-24(18(3)35-27)15-33-25-12-11-20(29)14-22(25)26(31-17(2)28(33)34)21-9-4-5-10-23(21)30/h4-14,17H,15H2,1-3H3. The number of oxazole rings is 1. The number of rotatable bonds is 4. The number of benzene rings is 3. The van der Waals surface area contributed by atoms with Crippen LogP contribution in [0.3, 0.4) is 0 Å². The smallest absolute Gasteiger partial charge is 0.251 e. The van der Waals surface area contributed by atoms with E-state index in [2.05, 4.69) is 4.99 Å². The van der Waals surface area contributed by atoms with Crippen molar-refractivity contribution in [2.45, 2.75) is 33.4 Å². The summed E-state index contributed by atoms with van der Waals surface area (Å²) in [5, 5.41) is 0.467. The molecule has 1 aliphatic rings. The Morgan fingerprint density at radius 3 is 2.60 bits per heavy atom. The molecular formula is C28H23ClFN3O2. The van der Waals surface area contributed by atoms with Crippen LogP contribution in [0.25, 0.3) is 11.5 Å². The predicted molar refractivity (Wildman–Crippen MR) is 136 cm³/mol. The van der Waals surface area contributed by atoms with Gasteiger partial charge in [-0.2, -0.15) is 0 Å². The van der Waals surface area contributed by atoms with Crippen molar-refractivity contribution in [3.63, 3.8) is 0 Å². The Morgan fingerprint density at radius 2 is 1.83 bits per heavy atom. The lowest BCUT2D eigenvalue weighted by Crippen LogP contribution is -2.36. The highest BCUT2D eigenvalue weighted by Gasteiger charge is 2.32. The van der Waals surface area contributed by atoms with Crippen molar-refractivity contribution in [2.75, 3.05) is 4.90 Å². The number of hydrogen-bond acceptors (Lipinski definition) is 4. The maximum absolute atomic E-state index is 14.8. The molecule has 0 N–H and O–H groups in total. The van der Waals surface area contributed by atoms with Crippen LogP contribution in [0.2, 0.25) is 5.02 Å². The van der Waals surface area contributed by atoms with Crippen LogP contribution in [0.5, 0.6) is 0 Å². The van der Waals surface area contributed by atoms with Gasteiger partial charge >= 0.3 is 0 Å². The molecule has 0 bridgehead atoms. The molecule has 1 atom stereocenters. The summed E-state index contributed by atoms with van der Waals surface area (Å²) in [6.45, 7) is 5.72. The van der Waals surface area contributed by atoms with Crippen LogP contribution < -0.4 is 4.90 Å². The van der Waals surface area contributed by atoms with Gasteiger partial charge in [-0.05, 0) is 63.2 Å². The summed E-state index contributed by atoms with van der Waals surface area (Å²) < 4.78 is 20.7. The third-order valence-electron chi connectivity index (χ3n) is 6.05. The molecule has 1 amide bonds. The molecule has 7 heteroatoms.